The molecule has 0 aliphatic rings. The zero-order valence-corrected chi connectivity index (χ0v) is 20.7. The second kappa shape index (κ2) is 11.1. The van der Waals surface area contributed by atoms with Crippen LogP contribution in [0.25, 0.3) is 5.69 Å². The average molecular weight is 537 g/mol. The number of aromatic nitrogens is 5. The quantitative estimate of drug-likeness (QED) is 0.346. The van der Waals surface area contributed by atoms with Gasteiger partial charge in [-0.3, -0.25) is 9.78 Å². The van der Waals surface area contributed by atoms with E-state index in [0.29, 0.717) is 5.56 Å². The van der Waals surface area contributed by atoms with Crippen molar-refractivity contribution in [1.29, 1.82) is 5.26 Å². The molecule has 1 N–H and O–H groups in total. The van der Waals surface area contributed by atoms with Gasteiger partial charge in [0.25, 0.3) is 5.56 Å². The number of ether oxygens (including phenoxy) is 4. The summed E-state index contributed by atoms with van der Waals surface area (Å²) in [5.41, 5.74) is -1.68. The first kappa shape index (κ1) is 26.5. The first-order chi connectivity index (χ1) is 17.0. The number of nitrogens with one attached hydrogen (secondary N) is 1. The molecule has 0 aliphatic heterocycles. The van der Waals surface area contributed by atoms with Crippen molar-refractivity contribution in [2.75, 3.05) is 7.11 Å². The molecular weight excluding hydrogens is 519 g/mol. The molecule has 3 rings (SSSR count). The Morgan fingerprint density at radius 1 is 1.14 bits per heavy atom. The van der Waals surface area contributed by atoms with Crippen LogP contribution in [0.1, 0.15) is 37.9 Å². The van der Waals surface area contributed by atoms with Crippen molar-refractivity contribution in [2.24, 2.45) is 0 Å². The number of H-pyrrole nitrogens is 1. The van der Waals surface area contributed by atoms with E-state index >= 15 is 0 Å². The Kier molecular flexibility index (Phi) is 8.13. The molecule has 0 bridgehead atoms. The lowest BCUT2D eigenvalue weighted by atomic mass is 10.1. The lowest BCUT2D eigenvalue weighted by molar-refractivity contribution is -0.0501. The van der Waals surface area contributed by atoms with Crippen LogP contribution in [0.15, 0.2) is 27.8 Å². The lowest BCUT2D eigenvalue weighted by Gasteiger charge is -2.18. The van der Waals surface area contributed by atoms with Gasteiger partial charge in [0.2, 0.25) is 23.7 Å². The standard InChI is InChI=1S/C21H18Cl2N6O7/c1-9(2)12-7-16(26-27-19(12)34-10(3)35-21(32)33-4)36-17-13(22)5-11(6-14(17)23)29-20(31)25-18(30)15(8-24)28-29/h5-7,9-10H,1-4H3,(H,25,30,31). The molecule has 0 spiro atoms. The van der Waals surface area contributed by atoms with E-state index in [1.807, 2.05) is 18.8 Å². The van der Waals surface area contributed by atoms with Gasteiger partial charge < -0.3 is 18.9 Å². The van der Waals surface area contributed by atoms with E-state index in [0.717, 1.165) is 4.68 Å². The van der Waals surface area contributed by atoms with Crippen LogP contribution in [0.3, 0.4) is 0 Å². The van der Waals surface area contributed by atoms with Gasteiger partial charge >= 0.3 is 11.8 Å². The van der Waals surface area contributed by atoms with Gasteiger partial charge in [-0.1, -0.05) is 37.0 Å². The van der Waals surface area contributed by atoms with Crippen molar-refractivity contribution < 1.29 is 23.7 Å². The van der Waals surface area contributed by atoms with Gasteiger partial charge in [0, 0.05) is 18.6 Å². The van der Waals surface area contributed by atoms with Crippen LogP contribution < -0.4 is 20.7 Å². The second-order valence-corrected chi connectivity index (χ2v) is 8.14. The summed E-state index contributed by atoms with van der Waals surface area (Å²) >= 11 is 12.7. The SMILES string of the molecule is COC(=O)OC(C)Oc1nnc(Oc2c(Cl)cc(-n3nc(C#N)c(=O)[nH]c3=O)cc2Cl)cc1C(C)C. The molecule has 36 heavy (non-hydrogen) atoms. The molecule has 188 valence electrons. The summed E-state index contributed by atoms with van der Waals surface area (Å²) in [6, 6.07) is 5.74. The van der Waals surface area contributed by atoms with Crippen molar-refractivity contribution in [3.63, 3.8) is 0 Å². The number of methoxy groups -OCH3 is 1. The van der Waals surface area contributed by atoms with Crippen molar-refractivity contribution >= 4 is 29.4 Å². The van der Waals surface area contributed by atoms with E-state index in [-0.39, 0.29) is 39.2 Å². The van der Waals surface area contributed by atoms with Crippen LogP contribution in [-0.2, 0) is 9.47 Å². The van der Waals surface area contributed by atoms with E-state index in [9.17, 15) is 14.4 Å². The maximum atomic E-state index is 12.1. The highest BCUT2D eigenvalue weighted by Crippen LogP contribution is 2.38. The minimum atomic E-state index is -1.00. The highest BCUT2D eigenvalue weighted by atomic mass is 35.5. The molecule has 1 unspecified atom stereocenters. The average Bonchev–Trinajstić information content (AvgIpc) is 2.81. The lowest BCUT2D eigenvalue weighted by Crippen LogP contribution is -2.33. The molecule has 15 heteroatoms. The van der Waals surface area contributed by atoms with Crippen LogP contribution in [0.4, 0.5) is 4.79 Å². The molecule has 2 heterocycles. The predicted octanol–water partition coefficient (Wildman–Crippen LogP) is 3.31. The van der Waals surface area contributed by atoms with E-state index < -0.39 is 29.4 Å². The van der Waals surface area contributed by atoms with Crippen molar-refractivity contribution in [3.8, 4) is 29.3 Å². The van der Waals surface area contributed by atoms with Gasteiger partial charge in [0.05, 0.1) is 22.8 Å². The predicted molar refractivity (Wildman–Crippen MR) is 125 cm³/mol. The number of nitriles is 1. The third kappa shape index (κ3) is 5.91. The number of halogens is 2. The second-order valence-electron chi connectivity index (χ2n) is 7.33. The number of carbonyl (C=O) groups excluding carboxylic acids is 1. The molecule has 0 fully saturated rings. The Bertz CT molecular complexity index is 1440. The number of hydrogen-bond donors (Lipinski definition) is 1. The summed E-state index contributed by atoms with van der Waals surface area (Å²) in [6.45, 7) is 5.23. The number of rotatable bonds is 7. The third-order valence-corrected chi connectivity index (χ3v) is 5.02. The number of benzene rings is 1. The number of nitrogens with zero attached hydrogens (tertiary/aromatic N) is 5. The normalized spacial score (nSPS) is 11.5. The van der Waals surface area contributed by atoms with Gasteiger partial charge in [-0.05, 0) is 18.1 Å². The van der Waals surface area contributed by atoms with Crippen molar-refractivity contribution in [3.05, 3.63) is 60.3 Å². The van der Waals surface area contributed by atoms with Crippen LogP contribution >= 0.6 is 23.2 Å². The zero-order chi connectivity index (χ0) is 26.6. The third-order valence-electron chi connectivity index (χ3n) is 4.46. The molecule has 0 saturated heterocycles. The monoisotopic (exact) mass is 536 g/mol. The maximum absolute atomic E-state index is 12.1. The maximum Gasteiger partial charge on any atom is 0.511 e. The smallest absolute Gasteiger partial charge is 0.438 e. The summed E-state index contributed by atoms with van der Waals surface area (Å²) in [7, 11) is 1.17. The molecular formula is C21H18Cl2N6O7. The van der Waals surface area contributed by atoms with Gasteiger partial charge in [-0.2, -0.15) is 9.94 Å². The van der Waals surface area contributed by atoms with Gasteiger partial charge in [0.15, 0.2) is 5.75 Å². The Morgan fingerprint density at radius 3 is 2.39 bits per heavy atom. The fourth-order valence-electron chi connectivity index (χ4n) is 2.82. The number of carbonyl (C=O) groups is 1. The Hall–Kier alpha value is -4.15. The summed E-state index contributed by atoms with van der Waals surface area (Å²) in [5.74, 6) is 0.0393. The first-order valence-corrected chi connectivity index (χ1v) is 10.9. The minimum absolute atomic E-state index is 0.000121. The van der Waals surface area contributed by atoms with Crippen molar-refractivity contribution in [1.82, 2.24) is 25.0 Å². The van der Waals surface area contributed by atoms with Gasteiger partial charge in [0.1, 0.15) is 6.07 Å². The van der Waals surface area contributed by atoms with Crippen LogP contribution in [0.5, 0.6) is 17.5 Å². The molecule has 0 saturated carbocycles. The minimum Gasteiger partial charge on any atom is -0.438 e. The zero-order valence-electron chi connectivity index (χ0n) is 19.2. The highest BCUT2D eigenvalue weighted by molar-refractivity contribution is 6.37. The Labute approximate surface area is 213 Å². The van der Waals surface area contributed by atoms with E-state index in [1.165, 1.54) is 26.2 Å². The van der Waals surface area contributed by atoms with Crippen LogP contribution in [0, 0.1) is 11.3 Å². The number of hydrogen-bond acceptors (Lipinski definition) is 11. The molecule has 1 aromatic carbocycles. The molecule has 3 aromatic rings. The van der Waals surface area contributed by atoms with Gasteiger partial charge in [-0.15, -0.1) is 15.3 Å². The topological polar surface area (TPSA) is 171 Å². The Balaban J connectivity index is 1.92. The molecule has 2 aromatic heterocycles. The summed E-state index contributed by atoms with van der Waals surface area (Å²) in [5, 5.41) is 20.6. The van der Waals surface area contributed by atoms with Crippen LogP contribution in [0.2, 0.25) is 10.0 Å². The Morgan fingerprint density at radius 2 is 1.81 bits per heavy atom. The molecule has 1 atom stereocenters. The van der Waals surface area contributed by atoms with E-state index in [1.54, 1.807) is 12.1 Å². The summed E-state index contributed by atoms with van der Waals surface area (Å²) < 4.78 is 21.4. The summed E-state index contributed by atoms with van der Waals surface area (Å²) in [4.78, 5) is 37.0. The van der Waals surface area contributed by atoms with E-state index in [2.05, 4.69) is 20.0 Å². The molecule has 13 nitrogen and oxygen atoms in total. The van der Waals surface area contributed by atoms with Gasteiger partial charge in [-0.25, -0.2) is 9.59 Å². The molecule has 0 radical (unpaired) electrons. The summed E-state index contributed by atoms with van der Waals surface area (Å²) in [6.07, 6.45) is -1.92. The van der Waals surface area contributed by atoms with E-state index in [4.69, 9.17) is 42.7 Å². The number of aromatic amines is 1. The molecule has 0 amide bonds. The fourth-order valence-corrected chi connectivity index (χ4v) is 3.37. The van der Waals surface area contributed by atoms with Crippen LogP contribution in [-0.4, -0.2) is 44.5 Å². The largest absolute Gasteiger partial charge is 0.511 e. The first-order valence-electron chi connectivity index (χ1n) is 10.1. The highest BCUT2D eigenvalue weighted by Gasteiger charge is 2.20. The molecule has 0 aliphatic carbocycles. The fraction of sp³-hybridized carbons (Fsp3) is 0.286. The van der Waals surface area contributed by atoms with Crippen molar-refractivity contribution in [2.45, 2.75) is 33.0 Å².